The number of carbonyl (C=O) groups excluding carboxylic acids is 2. The molecule has 188 valence electrons. The topological polar surface area (TPSA) is 127 Å². The Morgan fingerprint density at radius 1 is 1.11 bits per heavy atom. The van der Waals surface area contributed by atoms with E-state index in [1.807, 2.05) is 0 Å². The van der Waals surface area contributed by atoms with Crippen LogP contribution in [0.3, 0.4) is 0 Å². The van der Waals surface area contributed by atoms with E-state index < -0.39 is 17.9 Å². The van der Waals surface area contributed by atoms with Crippen molar-refractivity contribution >= 4 is 34.1 Å². The maximum Gasteiger partial charge on any atom is 0.433 e. The molecule has 3 heterocycles. The monoisotopic (exact) mass is 516 g/mol. The van der Waals surface area contributed by atoms with Gasteiger partial charge in [-0.15, -0.1) is 11.3 Å². The van der Waals surface area contributed by atoms with Gasteiger partial charge in [-0.3, -0.25) is 14.6 Å². The lowest BCUT2D eigenvalue weighted by atomic mass is 10.1. The number of carbonyl (C=O) groups is 2. The van der Waals surface area contributed by atoms with E-state index in [9.17, 15) is 22.8 Å². The highest BCUT2D eigenvalue weighted by molar-refractivity contribution is 7.11. The maximum atomic E-state index is 13.0. The number of aromatic amines is 1. The molecule has 0 aliphatic carbocycles. The van der Waals surface area contributed by atoms with Crippen LogP contribution in [-0.2, 0) is 11.0 Å². The van der Waals surface area contributed by atoms with Crippen LogP contribution in [0.4, 0.5) is 13.2 Å². The summed E-state index contributed by atoms with van der Waals surface area (Å²) in [6.45, 7) is 0. The van der Waals surface area contributed by atoms with Crippen LogP contribution in [0.25, 0.3) is 22.2 Å². The molecule has 2 amide bonds. The number of alkyl halides is 3. The molecule has 0 spiro atoms. The summed E-state index contributed by atoms with van der Waals surface area (Å²) in [6, 6.07) is 6.85. The smallest absolute Gasteiger partial charge is 0.370 e. The molecule has 8 nitrogen and oxygen atoms in total. The van der Waals surface area contributed by atoms with Crippen LogP contribution in [0.2, 0.25) is 0 Å². The first kappa shape index (κ1) is 25.3. The summed E-state index contributed by atoms with van der Waals surface area (Å²) >= 11 is 1.23. The van der Waals surface area contributed by atoms with Gasteiger partial charge in [0.15, 0.2) is 0 Å². The second kappa shape index (κ2) is 10.9. The first-order valence-electron chi connectivity index (χ1n) is 11.2. The van der Waals surface area contributed by atoms with Crippen molar-refractivity contribution in [2.45, 2.75) is 44.3 Å². The molecule has 4 rings (SSSR count). The number of unbranched alkanes of at least 4 members (excludes halogenated alkanes) is 2. The number of halogens is 3. The molecule has 4 aromatic rings. The predicted octanol–water partition coefficient (Wildman–Crippen LogP) is 5.01. The fourth-order valence-electron chi connectivity index (χ4n) is 3.77. The van der Waals surface area contributed by atoms with Crippen molar-refractivity contribution in [3.8, 4) is 11.3 Å². The third-order valence-electron chi connectivity index (χ3n) is 5.59. The fourth-order valence-corrected chi connectivity index (χ4v) is 4.29. The molecule has 0 bridgehead atoms. The number of H-pyrrole nitrogens is 1. The van der Waals surface area contributed by atoms with Crippen molar-refractivity contribution in [2.75, 3.05) is 0 Å². The quantitative estimate of drug-likeness (QED) is 0.256. The molecule has 12 heteroatoms. The summed E-state index contributed by atoms with van der Waals surface area (Å²) in [5.41, 5.74) is 7.43. The summed E-state index contributed by atoms with van der Waals surface area (Å²) in [7, 11) is 0. The number of benzene rings is 1. The number of fused-ring (bicyclic) bond motifs is 1. The molecule has 0 saturated carbocycles. The van der Waals surface area contributed by atoms with Gasteiger partial charge < -0.3 is 16.0 Å². The van der Waals surface area contributed by atoms with Gasteiger partial charge in [0.25, 0.3) is 5.91 Å². The van der Waals surface area contributed by atoms with E-state index in [4.69, 9.17) is 5.73 Å². The Kier molecular flexibility index (Phi) is 7.63. The fraction of sp³-hybridized carbons (Fsp3) is 0.292. The van der Waals surface area contributed by atoms with Crippen LogP contribution in [0.15, 0.2) is 48.2 Å². The van der Waals surface area contributed by atoms with Crippen LogP contribution in [0.5, 0.6) is 0 Å². The number of nitrogens with zero attached hydrogens (tertiary/aromatic N) is 3. The molecular formula is C24H23F3N6O2S. The number of pyridine rings is 1. The number of hydrogen-bond acceptors (Lipinski definition) is 6. The van der Waals surface area contributed by atoms with Crippen molar-refractivity contribution in [3.63, 3.8) is 0 Å². The third-order valence-corrected chi connectivity index (χ3v) is 6.37. The third kappa shape index (κ3) is 6.25. The molecule has 36 heavy (non-hydrogen) atoms. The van der Waals surface area contributed by atoms with Crippen LogP contribution in [0, 0.1) is 0 Å². The molecule has 3 aromatic heterocycles. The second-order valence-corrected chi connectivity index (χ2v) is 9.13. The number of hydrogen-bond donors (Lipinski definition) is 3. The van der Waals surface area contributed by atoms with Gasteiger partial charge in [-0.1, -0.05) is 25.0 Å². The summed E-state index contributed by atoms with van der Waals surface area (Å²) in [5.74, 6) is -0.0702. The molecule has 0 aliphatic rings. The minimum absolute atomic E-state index is 0.235. The zero-order valence-corrected chi connectivity index (χ0v) is 19.8. The van der Waals surface area contributed by atoms with Gasteiger partial charge in [-0.05, 0) is 31.0 Å². The van der Waals surface area contributed by atoms with Crippen LogP contribution in [0.1, 0.15) is 59.3 Å². The highest BCUT2D eigenvalue weighted by atomic mass is 32.1. The minimum Gasteiger partial charge on any atom is -0.370 e. The van der Waals surface area contributed by atoms with Crippen LogP contribution < -0.4 is 11.1 Å². The molecule has 4 N–H and O–H groups in total. The maximum absolute atomic E-state index is 13.0. The lowest BCUT2D eigenvalue weighted by molar-refractivity contribution is -0.141. The molecule has 0 aliphatic heterocycles. The Labute approximate surface area is 208 Å². The predicted molar refractivity (Wildman–Crippen MR) is 129 cm³/mol. The van der Waals surface area contributed by atoms with Gasteiger partial charge in [-0.2, -0.15) is 13.2 Å². The Hall–Kier alpha value is -3.80. The molecule has 0 radical (unpaired) electrons. The van der Waals surface area contributed by atoms with E-state index in [0.717, 1.165) is 24.5 Å². The highest BCUT2D eigenvalue weighted by Gasteiger charge is 2.32. The van der Waals surface area contributed by atoms with E-state index >= 15 is 0 Å². The van der Waals surface area contributed by atoms with Crippen molar-refractivity contribution in [2.24, 2.45) is 5.73 Å². The number of primary amides is 1. The zero-order chi connectivity index (χ0) is 25.7. The van der Waals surface area contributed by atoms with Gasteiger partial charge in [0, 0.05) is 17.4 Å². The lowest BCUT2D eigenvalue weighted by Crippen LogP contribution is -2.28. The Bertz CT molecular complexity index is 1350. The van der Waals surface area contributed by atoms with E-state index in [2.05, 4.69) is 25.3 Å². The summed E-state index contributed by atoms with van der Waals surface area (Å²) in [4.78, 5) is 39.4. The van der Waals surface area contributed by atoms with E-state index in [1.54, 1.807) is 23.8 Å². The molecule has 0 fully saturated rings. The first-order valence-corrected chi connectivity index (χ1v) is 12.1. The number of amides is 2. The van der Waals surface area contributed by atoms with Crippen molar-refractivity contribution in [1.29, 1.82) is 0 Å². The summed E-state index contributed by atoms with van der Waals surface area (Å²) in [6.07, 6.45) is 1.65. The number of imidazole rings is 1. The largest absolute Gasteiger partial charge is 0.433 e. The first-order chi connectivity index (χ1) is 17.2. The summed E-state index contributed by atoms with van der Waals surface area (Å²) in [5, 5.41) is 3.54. The molecular weight excluding hydrogens is 493 g/mol. The van der Waals surface area contributed by atoms with Crippen LogP contribution in [-0.4, -0.2) is 31.8 Å². The van der Waals surface area contributed by atoms with Crippen LogP contribution >= 0.6 is 11.3 Å². The lowest BCUT2D eigenvalue weighted by Gasteiger charge is -2.16. The number of aromatic nitrogens is 4. The normalized spacial score (nSPS) is 12.5. The molecule has 1 atom stereocenters. The molecule has 0 saturated heterocycles. The number of rotatable bonds is 10. The standard InChI is InChI=1S/C24H23F3N6O2S/c25-24(26,27)20-9-7-14-10-15(6-8-16(14)31-20)18-11-30-22(32-18)17(4-2-1-3-5-21(28)34)33-23(35)19-12-29-13-36-19/h6-13,17H,1-5H2,(H2,28,34)(H,30,32)(H,33,35). The van der Waals surface area contributed by atoms with Gasteiger partial charge in [0.2, 0.25) is 5.91 Å². The Balaban J connectivity index is 1.53. The Morgan fingerprint density at radius 3 is 2.67 bits per heavy atom. The van der Waals surface area contributed by atoms with Crippen molar-refractivity contribution < 1.29 is 22.8 Å². The van der Waals surface area contributed by atoms with Gasteiger partial charge in [0.05, 0.1) is 35.2 Å². The summed E-state index contributed by atoms with van der Waals surface area (Å²) < 4.78 is 38.9. The average Bonchev–Trinajstić information content (AvgIpc) is 3.54. The highest BCUT2D eigenvalue weighted by Crippen LogP contribution is 2.30. The molecule has 1 aromatic carbocycles. The Morgan fingerprint density at radius 2 is 1.94 bits per heavy atom. The average molecular weight is 517 g/mol. The van der Waals surface area contributed by atoms with Gasteiger partial charge in [-0.25, -0.2) is 9.97 Å². The zero-order valence-electron chi connectivity index (χ0n) is 19.0. The van der Waals surface area contributed by atoms with Gasteiger partial charge >= 0.3 is 6.18 Å². The van der Waals surface area contributed by atoms with Crippen molar-refractivity contribution in [1.82, 2.24) is 25.3 Å². The SMILES string of the molecule is NC(=O)CCCCCC(NC(=O)c1cncs1)c1ncc(-c2ccc3nc(C(F)(F)F)ccc3c2)[nH]1. The van der Waals surface area contributed by atoms with E-state index in [-0.39, 0.29) is 17.3 Å². The number of nitrogens with two attached hydrogens (primary N) is 1. The van der Waals surface area contributed by atoms with E-state index in [1.165, 1.54) is 29.7 Å². The molecule has 1 unspecified atom stereocenters. The second-order valence-electron chi connectivity index (χ2n) is 8.24. The van der Waals surface area contributed by atoms with Gasteiger partial charge in [0.1, 0.15) is 16.4 Å². The van der Waals surface area contributed by atoms with Crippen molar-refractivity contribution in [3.05, 3.63) is 64.6 Å². The number of nitrogens with one attached hydrogen (secondary N) is 2. The number of thiazole rings is 1. The minimum atomic E-state index is -4.51. The van der Waals surface area contributed by atoms with E-state index in [0.29, 0.717) is 41.0 Å².